The van der Waals surface area contributed by atoms with Gasteiger partial charge in [-0.3, -0.25) is 19.7 Å². The number of imide groups is 1. The molecule has 2 amide bonds. The van der Waals surface area contributed by atoms with E-state index in [9.17, 15) is 19.7 Å². The number of nitrogens with zero attached hydrogens (tertiary/aromatic N) is 2. The van der Waals surface area contributed by atoms with Gasteiger partial charge >= 0.3 is 0 Å². The summed E-state index contributed by atoms with van der Waals surface area (Å²) in [6.45, 7) is 1.92. The minimum absolute atomic E-state index is 0.346. The molecule has 0 saturated carbocycles. The average Bonchev–Trinajstić information content (AvgIpc) is 3.05. The molecule has 6 heteroatoms. The molecule has 3 aromatic rings. The van der Waals surface area contributed by atoms with E-state index in [1.54, 1.807) is 36.4 Å². The Balaban J connectivity index is 1.67. The molecule has 1 saturated heterocycles. The van der Waals surface area contributed by atoms with Gasteiger partial charge in [0.25, 0.3) is 5.54 Å². The van der Waals surface area contributed by atoms with Gasteiger partial charge in [0.15, 0.2) is 0 Å². The SMILES string of the molecule is Cc1ccc(N2C(=O)[C@H]3C4c5ccccc5C([N+](=O)[O-])(c5ccccc54)[C@H]3C2=O)cc1. The van der Waals surface area contributed by atoms with E-state index in [-0.39, 0.29) is 16.7 Å². The number of nitro groups is 1. The van der Waals surface area contributed by atoms with Crippen LogP contribution in [0.25, 0.3) is 0 Å². The third kappa shape index (κ3) is 1.97. The van der Waals surface area contributed by atoms with Crippen molar-refractivity contribution < 1.29 is 14.5 Å². The summed E-state index contributed by atoms with van der Waals surface area (Å²) in [7, 11) is 0. The average molecular weight is 410 g/mol. The quantitative estimate of drug-likeness (QED) is 0.366. The van der Waals surface area contributed by atoms with Crippen LogP contribution in [0.3, 0.4) is 0 Å². The number of anilines is 1. The molecule has 6 nitrogen and oxygen atoms in total. The molecule has 4 aliphatic rings. The molecule has 1 heterocycles. The van der Waals surface area contributed by atoms with Crippen molar-refractivity contribution in [3.8, 4) is 0 Å². The van der Waals surface area contributed by atoms with Gasteiger partial charge in [-0.1, -0.05) is 66.2 Å². The predicted octanol–water partition coefficient (Wildman–Crippen LogP) is 3.78. The number of rotatable bonds is 2. The molecular formula is C25H18N2O4. The first-order chi connectivity index (χ1) is 15.0. The molecule has 2 bridgehead atoms. The zero-order chi connectivity index (χ0) is 21.5. The molecule has 7 rings (SSSR count). The van der Waals surface area contributed by atoms with Crippen molar-refractivity contribution in [2.45, 2.75) is 18.4 Å². The summed E-state index contributed by atoms with van der Waals surface area (Å²) >= 11 is 0. The largest absolute Gasteiger partial charge is 0.285 e. The molecule has 1 aliphatic heterocycles. The summed E-state index contributed by atoms with van der Waals surface area (Å²) in [4.78, 5) is 41.1. The van der Waals surface area contributed by atoms with Gasteiger partial charge in [0.1, 0.15) is 5.92 Å². The van der Waals surface area contributed by atoms with Crippen LogP contribution in [0.2, 0.25) is 0 Å². The van der Waals surface area contributed by atoms with E-state index in [1.165, 1.54) is 0 Å². The highest BCUT2D eigenvalue weighted by molar-refractivity contribution is 6.23. The fourth-order valence-electron chi connectivity index (χ4n) is 5.99. The summed E-state index contributed by atoms with van der Waals surface area (Å²) < 4.78 is 0. The Morgan fingerprint density at radius 2 is 1.39 bits per heavy atom. The predicted molar refractivity (Wildman–Crippen MR) is 113 cm³/mol. The van der Waals surface area contributed by atoms with Crippen LogP contribution < -0.4 is 4.90 Å². The lowest BCUT2D eigenvalue weighted by Crippen LogP contribution is -2.57. The second-order valence-corrected chi connectivity index (χ2v) is 8.53. The molecule has 0 spiro atoms. The summed E-state index contributed by atoms with van der Waals surface area (Å²) in [6, 6.07) is 21.5. The Labute approximate surface area is 178 Å². The standard InChI is InChI=1S/C25H18N2O4/c1-14-10-12-15(13-11-14)26-23(28)21-20-16-6-2-4-8-18(16)25(27(30)31,22(21)24(26)29)19-9-5-3-7-17(19)20/h2-13,20-22H,1H3/t20?,21-,22+,25?/m0/s1. The smallest absolute Gasteiger partial charge is 0.274 e. The number of hydrogen-bond acceptors (Lipinski definition) is 4. The van der Waals surface area contributed by atoms with Crippen LogP contribution in [0.4, 0.5) is 5.69 Å². The topological polar surface area (TPSA) is 80.5 Å². The van der Waals surface area contributed by atoms with E-state index in [1.807, 2.05) is 43.3 Å². The first kappa shape index (κ1) is 18.0. The maximum absolute atomic E-state index is 13.8. The molecule has 3 aromatic carbocycles. The van der Waals surface area contributed by atoms with Crippen molar-refractivity contribution in [2.24, 2.45) is 11.8 Å². The first-order valence-corrected chi connectivity index (χ1v) is 10.3. The number of amides is 2. The number of benzene rings is 3. The number of hydrogen-bond donors (Lipinski definition) is 0. The lowest BCUT2D eigenvalue weighted by Gasteiger charge is -2.48. The van der Waals surface area contributed by atoms with Crippen molar-refractivity contribution in [1.82, 2.24) is 0 Å². The summed E-state index contributed by atoms with van der Waals surface area (Å²) in [5, 5.41) is 12.9. The zero-order valence-electron chi connectivity index (χ0n) is 16.7. The molecule has 0 radical (unpaired) electrons. The second-order valence-electron chi connectivity index (χ2n) is 8.53. The van der Waals surface area contributed by atoms with E-state index < -0.39 is 23.3 Å². The Kier molecular flexibility index (Phi) is 3.41. The second kappa shape index (κ2) is 5.88. The molecule has 152 valence electrons. The number of carbonyl (C=O) groups is 2. The van der Waals surface area contributed by atoms with Gasteiger partial charge in [0.2, 0.25) is 11.8 Å². The highest BCUT2D eigenvalue weighted by atomic mass is 16.6. The van der Waals surface area contributed by atoms with E-state index >= 15 is 0 Å². The third-order valence-electron chi connectivity index (χ3n) is 7.15. The van der Waals surface area contributed by atoms with Crippen LogP contribution >= 0.6 is 0 Å². The van der Waals surface area contributed by atoms with Gasteiger partial charge in [0.05, 0.1) is 11.6 Å². The molecule has 1 fully saturated rings. The Bertz CT molecular complexity index is 1250. The third-order valence-corrected chi connectivity index (χ3v) is 7.15. The van der Waals surface area contributed by atoms with Crippen LogP contribution in [0.1, 0.15) is 33.7 Å². The number of aryl methyl sites for hydroxylation is 1. The molecule has 0 unspecified atom stereocenters. The zero-order valence-corrected chi connectivity index (χ0v) is 16.7. The van der Waals surface area contributed by atoms with Gasteiger partial charge in [-0.25, -0.2) is 4.90 Å². The summed E-state index contributed by atoms with van der Waals surface area (Å²) in [5.74, 6) is -3.12. The van der Waals surface area contributed by atoms with Crippen LogP contribution in [0.15, 0.2) is 72.8 Å². The van der Waals surface area contributed by atoms with Crippen molar-refractivity contribution in [3.05, 3.63) is 111 Å². The van der Waals surface area contributed by atoms with Crippen molar-refractivity contribution >= 4 is 17.5 Å². The monoisotopic (exact) mass is 410 g/mol. The lowest BCUT2D eigenvalue weighted by molar-refractivity contribution is -0.578. The minimum atomic E-state index is -1.78. The van der Waals surface area contributed by atoms with E-state index in [0.717, 1.165) is 21.6 Å². The van der Waals surface area contributed by atoms with Crippen molar-refractivity contribution in [2.75, 3.05) is 4.90 Å². The molecule has 3 aliphatic carbocycles. The highest BCUT2D eigenvalue weighted by Crippen LogP contribution is 2.64. The first-order valence-electron chi connectivity index (χ1n) is 10.3. The number of carbonyl (C=O) groups excluding carboxylic acids is 2. The van der Waals surface area contributed by atoms with Gasteiger partial charge < -0.3 is 0 Å². The maximum atomic E-state index is 13.8. The Morgan fingerprint density at radius 1 is 0.839 bits per heavy atom. The van der Waals surface area contributed by atoms with Crippen LogP contribution in [0.5, 0.6) is 0 Å². The summed E-state index contributed by atoms with van der Waals surface area (Å²) in [6.07, 6.45) is 0. The highest BCUT2D eigenvalue weighted by Gasteiger charge is 2.74. The van der Waals surface area contributed by atoms with Gasteiger partial charge in [-0.05, 0) is 30.2 Å². The lowest BCUT2D eigenvalue weighted by atomic mass is 9.51. The van der Waals surface area contributed by atoms with E-state index in [0.29, 0.717) is 16.8 Å². The van der Waals surface area contributed by atoms with Crippen molar-refractivity contribution in [3.63, 3.8) is 0 Å². The van der Waals surface area contributed by atoms with E-state index in [2.05, 4.69) is 0 Å². The van der Waals surface area contributed by atoms with Crippen LogP contribution in [-0.4, -0.2) is 16.7 Å². The van der Waals surface area contributed by atoms with E-state index in [4.69, 9.17) is 0 Å². The molecular weight excluding hydrogens is 392 g/mol. The molecule has 2 atom stereocenters. The van der Waals surface area contributed by atoms with Crippen LogP contribution in [-0.2, 0) is 15.1 Å². The Hall–Kier alpha value is -3.80. The Morgan fingerprint density at radius 3 is 1.94 bits per heavy atom. The minimum Gasteiger partial charge on any atom is -0.274 e. The maximum Gasteiger partial charge on any atom is 0.285 e. The molecule has 0 N–H and O–H groups in total. The van der Waals surface area contributed by atoms with Gasteiger partial charge in [0, 0.05) is 22.0 Å². The van der Waals surface area contributed by atoms with Crippen molar-refractivity contribution in [1.29, 1.82) is 0 Å². The summed E-state index contributed by atoms with van der Waals surface area (Å²) in [5.41, 5.74) is 2.27. The normalized spacial score (nSPS) is 27.6. The van der Waals surface area contributed by atoms with Gasteiger partial charge in [-0.2, -0.15) is 0 Å². The van der Waals surface area contributed by atoms with Gasteiger partial charge in [-0.15, -0.1) is 0 Å². The molecule has 0 aromatic heterocycles. The van der Waals surface area contributed by atoms with Crippen LogP contribution in [0, 0.1) is 28.9 Å². The fraction of sp³-hybridized carbons (Fsp3) is 0.200. The fourth-order valence-corrected chi connectivity index (χ4v) is 5.99. The molecule has 31 heavy (non-hydrogen) atoms.